The lowest BCUT2D eigenvalue weighted by molar-refractivity contribution is 0.0982. The first-order chi connectivity index (χ1) is 12.3. The van der Waals surface area contributed by atoms with Gasteiger partial charge in [0.2, 0.25) is 0 Å². The number of hydrogen-bond acceptors (Lipinski definition) is 2. The maximum absolute atomic E-state index is 13.2. The van der Waals surface area contributed by atoms with Gasteiger partial charge in [-0.1, -0.05) is 19.1 Å². The van der Waals surface area contributed by atoms with E-state index in [1.165, 1.54) is 4.90 Å². The van der Waals surface area contributed by atoms with Gasteiger partial charge in [0.15, 0.2) is 0 Å². The number of fused-ring (bicyclic) bond motifs is 1. The molecule has 0 spiro atoms. The summed E-state index contributed by atoms with van der Waals surface area (Å²) in [6.45, 7) is 6.19. The van der Waals surface area contributed by atoms with Crippen LogP contribution < -0.4 is 9.80 Å². The van der Waals surface area contributed by atoms with Gasteiger partial charge >= 0.3 is 6.09 Å². The molecule has 1 aliphatic heterocycles. The highest BCUT2D eigenvalue weighted by Gasteiger charge is 2.37. The molecular formula is C20H21BrN2O3. The Labute approximate surface area is 161 Å². The van der Waals surface area contributed by atoms with Crippen LogP contribution in [0.4, 0.5) is 16.2 Å². The van der Waals surface area contributed by atoms with Crippen LogP contribution in [0.5, 0.6) is 0 Å². The van der Waals surface area contributed by atoms with E-state index in [1.807, 2.05) is 51.1 Å². The van der Waals surface area contributed by atoms with E-state index < -0.39 is 6.09 Å². The number of benzene rings is 2. The number of carbonyl (C=O) groups is 2. The number of hydrogen-bond donors (Lipinski definition) is 1. The van der Waals surface area contributed by atoms with Crippen LogP contribution >= 0.6 is 15.9 Å². The van der Waals surface area contributed by atoms with Gasteiger partial charge in [-0.3, -0.25) is 9.69 Å². The molecule has 0 saturated heterocycles. The van der Waals surface area contributed by atoms with Crippen molar-refractivity contribution in [3.63, 3.8) is 0 Å². The molecule has 0 saturated carbocycles. The third-order valence-electron chi connectivity index (χ3n) is 4.93. The average Bonchev–Trinajstić information content (AvgIpc) is 2.61. The number of anilines is 2. The zero-order chi connectivity index (χ0) is 19.0. The predicted molar refractivity (Wildman–Crippen MR) is 106 cm³/mol. The Morgan fingerprint density at radius 3 is 2.35 bits per heavy atom. The van der Waals surface area contributed by atoms with Crippen LogP contribution in [0.3, 0.4) is 0 Å². The van der Waals surface area contributed by atoms with E-state index >= 15 is 0 Å². The van der Waals surface area contributed by atoms with Crippen LogP contribution in [0.15, 0.2) is 40.9 Å². The van der Waals surface area contributed by atoms with Gasteiger partial charge in [0, 0.05) is 11.0 Å². The lowest BCUT2D eigenvalue weighted by Gasteiger charge is -2.41. The summed E-state index contributed by atoms with van der Waals surface area (Å²) in [6, 6.07) is 10.8. The normalized spacial score (nSPS) is 16.4. The lowest BCUT2D eigenvalue weighted by atomic mass is 9.99. The Balaban J connectivity index is 2.17. The Morgan fingerprint density at radius 1 is 1.15 bits per heavy atom. The zero-order valence-electron chi connectivity index (χ0n) is 15.0. The zero-order valence-corrected chi connectivity index (χ0v) is 16.6. The van der Waals surface area contributed by atoms with Crippen molar-refractivity contribution in [2.24, 2.45) is 0 Å². The second-order valence-electron chi connectivity index (χ2n) is 6.54. The molecule has 1 atom stereocenters. The molecule has 3 rings (SSSR count). The minimum atomic E-state index is -0.991. The van der Waals surface area contributed by atoms with Gasteiger partial charge in [0.25, 0.3) is 5.91 Å². The molecule has 0 fully saturated rings. The topological polar surface area (TPSA) is 60.9 Å². The fraction of sp³-hybridized carbons (Fsp3) is 0.300. The van der Waals surface area contributed by atoms with Gasteiger partial charge in [-0.15, -0.1) is 0 Å². The van der Waals surface area contributed by atoms with Gasteiger partial charge in [0.05, 0.1) is 23.0 Å². The summed E-state index contributed by atoms with van der Waals surface area (Å²) >= 11 is 3.44. The average molecular weight is 417 g/mol. The van der Waals surface area contributed by atoms with Gasteiger partial charge in [0.1, 0.15) is 0 Å². The minimum Gasteiger partial charge on any atom is -0.465 e. The van der Waals surface area contributed by atoms with Crippen LogP contribution in [-0.2, 0) is 0 Å². The highest BCUT2D eigenvalue weighted by molar-refractivity contribution is 9.10. The first-order valence-corrected chi connectivity index (χ1v) is 9.34. The monoisotopic (exact) mass is 416 g/mol. The van der Waals surface area contributed by atoms with E-state index in [4.69, 9.17) is 0 Å². The summed E-state index contributed by atoms with van der Waals surface area (Å²) in [4.78, 5) is 28.2. The van der Waals surface area contributed by atoms with Gasteiger partial charge in [-0.2, -0.15) is 0 Å². The molecule has 6 heteroatoms. The van der Waals surface area contributed by atoms with E-state index in [-0.39, 0.29) is 11.9 Å². The van der Waals surface area contributed by atoms with Crippen molar-refractivity contribution in [1.82, 2.24) is 0 Å². The molecule has 0 aliphatic carbocycles. The first-order valence-electron chi connectivity index (χ1n) is 8.55. The minimum absolute atomic E-state index is 0.134. The number of carbonyl (C=O) groups excluding carboxylic acids is 1. The summed E-state index contributed by atoms with van der Waals surface area (Å²) < 4.78 is 0.726. The second kappa shape index (κ2) is 7.11. The van der Waals surface area contributed by atoms with E-state index in [0.29, 0.717) is 29.9 Å². The highest BCUT2D eigenvalue weighted by atomic mass is 79.9. The molecule has 0 radical (unpaired) electrons. The van der Waals surface area contributed by atoms with Crippen molar-refractivity contribution in [2.45, 2.75) is 33.2 Å². The van der Waals surface area contributed by atoms with Crippen LogP contribution in [0, 0.1) is 13.8 Å². The van der Waals surface area contributed by atoms with Crippen molar-refractivity contribution in [3.05, 3.63) is 57.6 Å². The number of nitrogens with zero attached hydrogens (tertiary/aromatic N) is 2. The summed E-state index contributed by atoms with van der Waals surface area (Å²) in [5.41, 5.74) is 3.80. The SMILES string of the molecule is CCC1CN(C(=O)c2ccccc2Br)c2cc(C)c(C)cc2N1C(=O)O. The summed E-state index contributed by atoms with van der Waals surface area (Å²) in [6.07, 6.45) is -0.368. The molecular weight excluding hydrogens is 396 g/mol. The Morgan fingerprint density at radius 2 is 1.77 bits per heavy atom. The number of amides is 2. The third kappa shape index (κ3) is 3.09. The van der Waals surface area contributed by atoms with E-state index in [0.717, 1.165) is 15.6 Å². The molecule has 1 heterocycles. The summed E-state index contributed by atoms with van der Waals surface area (Å²) in [5, 5.41) is 9.75. The first kappa shape index (κ1) is 18.5. The van der Waals surface area contributed by atoms with Crippen molar-refractivity contribution in [2.75, 3.05) is 16.3 Å². The van der Waals surface area contributed by atoms with Gasteiger partial charge in [-0.05, 0) is 71.6 Å². The van der Waals surface area contributed by atoms with E-state index in [2.05, 4.69) is 15.9 Å². The molecule has 2 aromatic rings. The largest absolute Gasteiger partial charge is 0.465 e. The molecule has 5 nitrogen and oxygen atoms in total. The number of aryl methyl sites for hydroxylation is 2. The number of carboxylic acid groups (broad SMARTS) is 1. The van der Waals surface area contributed by atoms with E-state index in [1.54, 1.807) is 11.0 Å². The molecule has 1 unspecified atom stereocenters. The summed E-state index contributed by atoms with van der Waals surface area (Å²) in [7, 11) is 0. The fourth-order valence-electron chi connectivity index (χ4n) is 3.33. The van der Waals surface area contributed by atoms with Gasteiger partial charge in [-0.25, -0.2) is 4.79 Å². The molecule has 1 aliphatic rings. The van der Waals surface area contributed by atoms with Crippen LogP contribution in [0.2, 0.25) is 0 Å². The van der Waals surface area contributed by atoms with Crippen molar-refractivity contribution in [3.8, 4) is 0 Å². The molecule has 2 amide bonds. The number of rotatable bonds is 2. The lowest BCUT2D eigenvalue weighted by Crippen LogP contribution is -2.52. The van der Waals surface area contributed by atoms with Crippen LogP contribution in [-0.4, -0.2) is 29.7 Å². The Bertz CT molecular complexity index is 881. The Kier molecular flexibility index (Phi) is 5.05. The van der Waals surface area contributed by atoms with Crippen molar-refractivity contribution in [1.29, 1.82) is 0 Å². The van der Waals surface area contributed by atoms with Crippen molar-refractivity contribution < 1.29 is 14.7 Å². The Hall–Kier alpha value is -2.34. The number of halogens is 1. The smallest absolute Gasteiger partial charge is 0.412 e. The van der Waals surface area contributed by atoms with Crippen molar-refractivity contribution >= 4 is 39.3 Å². The quantitative estimate of drug-likeness (QED) is 0.749. The second-order valence-corrected chi connectivity index (χ2v) is 7.39. The highest BCUT2D eigenvalue weighted by Crippen LogP contribution is 2.39. The maximum atomic E-state index is 13.2. The fourth-order valence-corrected chi connectivity index (χ4v) is 3.78. The molecule has 26 heavy (non-hydrogen) atoms. The van der Waals surface area contributed by atoms with Gasteiger partial charge < -0.3 is 10.0 Å². The molecule has 0 bridgehead atoms. The molecule has 0 aromatic heterocycles. The standard InChI is InChI=1S/C20H21BrN2O3/c1-4-14-11-22(19(24)15-7-5-6-8-16(15)21)17-9-12(2)13(3)10-18(17)23(14)20(25)26/h5-10,14H,4,11H2,1-3H3,(H,25,26). The maximum Gasteiger partial charge on any atom is 0.412 e. The van der Waals surface area contributed by atoms with Crippen LogP contribution in [0.1, 0.15) is 34.8 Å². The molecule has 136 valence electrons. The third-order valence-corrected chi connectivity index (χ3v) is 5.62. The van der Waals surface area contributed by atoms with Crippen LogP contribution in [0.25, 0.3) is 0 Å². The summed E-state index contributed by atoms with van der Waals surface area (Å²) in [5.74, 6) is -0.134. The molecule has 2 aromatic carbocycles. The van der Waals surface area contributed by atoms with E-state index in [9.17, 15) is 14.7 Å². The molecule has 1 N–H and O–H groups in total. The predicted octanol–water partition coefficient (Wildman–Crippen LogP) is 4.99.